The maximum absolute atomic E-state index is 13.5. The van der Waals surface area contributed by atoms with E-state index < -0.39 is 11.4 Å². The normalized spacial score (nSPS) is 17.7. The van der Waals surface area contributed by atoms with Gasteiger partial charge in [-0.2, -0.15) is 0 Å². The fourth-order valence-electron chi connectivity index (χ4n) is 3.71. The molecule has 164 valence electrons. The number of rotatable bonds is 9. The number of aliphatic carboxylic acids is 1. The fraction of sp³-hybridized carbons (Fsp3) is 0.500. The van der Waals surface area contributed by atoms with Crippen molar-refractivity contribution in [3.8, 4) is 5.75 Å². The molecule has 6 heteroatoms. The molecule has 0 saturated carbocycles. The van der Waals surface area contributed by atoms with Gasteiger partial charge in [-0.1, -0.05) is 30.4 Å². The molecule has 30 heavy (non-hydrogen) atoms. The van der Waals surface area contributed by atoms with Crippen molar-refractivity contribution in [1.82, 2.24) is 5.32 Å². The van der Waals surface area contributed by atoms with Crippen LogP contribution in [0.2, 0.25) is 0 Å². The van der Waals surface area contributed by atoms with Gasteiger partial charge in [0.1, 0.15) is 5.75 Å². The van der Waals surface area contributed by atoms with Crippen molar-refractivity contribution in [3.05, 3.63) is 53.6 Å². The minimum Gasteiger partial charge on any atom is -0.491 e. The molecule has 0 aromatic heterocycles. The smallest absolute Gasteiger partial charge is 0.307 e. The van der Waals surface area contributed by atoms with Crippen LogP contribution in [-0.2, 0) is 19.7 Å². The fourth-order valence-corrected chi connectivity index (χ4v) is 3.71. The van der Waals surface area contributed by atoms with Gasteiger partial charge < -0.3 is 19.9 Å². The summed E-state index contributed by atoms with van der Waals surface area (Å²) in [7, 11) is 0. The van der Waals surface area contributed by atoms with Gasteiger partial charge in [-0.25, -0.2) is 0 Å². The zero-order valence-electron chi connectivity index (χ0n) is 18.3. The lowest BCUT2D eigenvalue weighted by atomic mass is 9.73. The lowest BCUT2D eigenvalue weighted by Crippen LogP contribution is -2.50. The summed E-state index contributed by atoms with van der Waals surface area (Å²) in [6, 6.07) is 7.52. The number of nitrogens with one attached hydrogen (secondary N) is 1. The van der Waals surface area contributed by atoms with Crippen molar-refractivity contribution in [2.24, 2.45) is 0 Å². The molecule has 2 N–H and O–H groups in total. The summed E-state index contributed by atoms with van der Waals surface area (Å²) in [5.74, 6) is -0.186. The Morgan fingerprint density at radius 1 is 1.27 bits per heavy atom. The molecular formula is C24H33NO5. The van der Waals surface area contributed by atoms with Crippen LogP contribution >= 0.6 is 0 Å². The van der Waals surface area contributed by atoms with Crippen LogP contribution in [0.4, 0.5) is 0 Å². The van der Waals surface area contributed by atoms with Gasteiger partial charge >= 0.3 is 5.97 Å². The number of carbonyl (C=O) groups excluding carboxylic acids is 1. The second-order valence-corrected chi connectivity index (χ2v) is 7.87. The van der Waals surface area contributed by atoms with E-state index in [4.69, 9.17) is 14.6 Å². The SMILES string of the molecule is C/C=C(\C=C/CC(=O)O)[C@H](C)NC(=O)C1(c2cccc(OC(C)C)c2)CCOCC1. The summed E-state index contributed by atoms with van der Waals surface area (Å²) in [5.41, 5.74) is 1.10. The van der Waals surface area contributed by atoms with Crippen LogP contribution in [-0.4, -0.2) is 42.3 Å². The predicted octanol–water partition coefficient (Wildman–Crippen LogP) is 4.00. The van der Waals surface area contributed by atoms with Crippen molar-refractivity contribution in [1.29, 1.82) is 0 Å². The molecule has 6 nitrogen and oxygen atoms in total. The summed E-state index contributed by atoms with van der Waals surface area (Å²) >= 11 is 0. The van der Waals surface area contributed by atoms with Crippen molar-refractivity contribution in [3.63, 3.8) is 0 Å². The molecule has 0 spiro atoms. The molecule has 1 saturated heterocycles. The number of carboxylic acids is 1. The van der Waals surface area contributed by atoms with Crippen molar-refractivity contribution in [2.45, 2.75) is 64.5 Å². The Hall–Kier alpha value is -2.60. The molecule has 0 radical (unpaired) electrons. The number of carboxylic acid groups (broad SMARTS) is 1. The van der Waals surface area contributed by atoms with Gasteiger partial charge in [0.15, 0.2) is 0 Å². The Morgan fingerprint density at radius 2 is 1.97 bits per heavy atom. The lowest BCUT2D eigenvalue weighted by molar-refractivity contribution is -0.136. The number of ether oxygens (including phenoxy) is 2. The zero-order valence-corrected chi connectivity index (χ0v) is 18.3. The first-order chi connectivity index (χ1) is 14.3. The van der Waals surface area contributed by atoms with Crippen LogP contribution in [0.3, 0.4) is 0 Å². The molecule has 1 fully saturated rings. The number of benzene rings is 1. The third-order valence-electron chi connectivity index (χ3n) is 5.32. The van der Waals surface area contributed by atoms with Crippen LogP contribution in [0, 0.1) is 0 Å². The summed E-state index contributed by atoms with van der Waals surface area (Å²) in [5, 5.41) is 12.0. The quantitative estimate of drug-likeness (QED) is 0.596. The van der Waals surface area contributed by atoms with Gasteiger partial charge in [0, 0.05) is 13.2 Å². The Labute approximate surface area is 179 Å². The minimum atomic E-state index is -0.886. The summed E-state index contributed by atoms with van der Waals surface area (Å²) in [6.07, 6.45) is 6.42. The maximum Gasteiger partial charge on any atom is 0.307 e. The van der Waals surface area contributed by atoms with E-state index in [2.05, 4.69) is 5.32 Å². The summed E-state index contributed by atoms with van der Waals surface area (Å²) in [4.78, 5) is 24.3. The van der Waals surface area contributed by atoms with Gasteiger partial charge in [0.25, 0.3) is 0 Å². The molecule has 0 aliphatic carbocycles. The summed E-state index contributed by atoms with van der Waals surface area (Å²) < 4.78 is 11.4. The number of allylic oxidation sites excluding steroid dienone is 1. The van der Waals surface area contributed by atoms with Gasteiger partial charge in [-0.15, -0.1) is 0 Å². The van der Waals surface area contributed by atoms with Crippen molar-refractivity contribution >= 4 is 11.9 Å². The van der Waals surface area contributed by atoms with E-state index in [1.807, 2.05) is 58.0 Å². The van der Waals surface area contributed by atoms with E-state index in [0.717, 1.165) is 16.9 Å². The number of amides is 1. The lowest BCUT2D eigenvalue weighted by Gasteiger charge is -2.37. The highest BCUT2D eigenvalue weighted by atomic mass is 16.5. The predicted molar refractivity (Wildman–Crippen MR) is 117 cm³/mol. The average molecular weight is 416 g/mol. The third-order valence-corrected chi connectivity index (χ3v) is 5.32. The minimum absolute atomic E-state index is 0.0500. The number of hydrogen-bond donors (Lipinski definition) is 2. The van der Waals surface area contributed by atoms with Gasteiger partial charge in [0.2, 0.25) is 5.91 Å². The van der Waals surface area contributed by atoms with Crippen LogP contribution in [0.5, 0.6) is 5.75 Å². The second kappa shape index (κ2) is 11.0. The molecule has 1 aromatic carbocycles. The molecule has 0 unspecified atom stereocenters. The number of hydrogen-bond acceptors (Lipinski definition) is 4. The molecule has 0 bridgehead atoms. The average Bonchev–Trinajstić information content (AvgIpc) is 2.71. The molecule has 1 heterocycles. The second-order valence-electron chi connectivity index (χ2n) is 7.87. The van der Waals surface area contributed by atoms with Gasteiger partial charge in [0.05, 0.1) is 24.0 Å². The van der Waals surface area contributed by atoms with Crippen LogP contribution < -0.4 is 10.1 Å². The highest BCUT2D eigenvalue weighted by Gasteiger charge is 2.42. The van der Waals surface area contributed by atoms with Gasteiger partial charge in [-0.05, 0) is 63.8 Å². The van der Waals surface area contributed by atoms with Crippen LogP contribution in [0.15, 0.2) is 48.1 Å². The zero-order chi connectivity index (χ0) is 22.1. The monoisotopic (exact) mass is 415 g/mol. The van der Waals surface area contributed by atoms with E-state index in [-0.39, 0.29) is 24.5 Å². The Bertz CT molecular complexity index is 791. The maximum atomic E-state index is 13.5. The van der Waals surface area contributed by atoms with Crippen molar-refractivity contribution < 1.29 is 24.2 Å². The van der Waals surface area contributed by atoms with E-state index in [1.54, 1.807) is 12.2 Å². The Balaban J connectivity index is 2.25. The molecule has 2 rings (SSSR count). The Kier molecular flexibility index (Phi) is 8.66. The van der Waals surface area contributed by atoms with E-state index in [1.165, 1.54) is 0 Å². The van der Waals surface area contributed by atoms with Crippen LogP contribution in [0.1, 0.15) is 52.5 Å². The van der Waals surface area contributed by atoms with E-state index in [0.29, 0.717) is 26.1 Å². The highest BCUT2D eigenvalue weighted by Crippen LogP contribution is 2.37. The topological polar surface area (TPSA) is 84.9 Å². The highest BCUT2D eigenvalue weighted by molar-refractivity contribution is 5.89. The Morgan fingerprint density at radius 3 is 2.57 bits per heavy atom. The third kappa shape index (κ3) is 6.20. The molecular weight excluding hydrogens is 382 g/mol. The van der Waals surface area contributed by atoms with E-state index in [9.17, 15) is 9.59 Å². The largest absolute Gasteiger partial charge is 0.491 e. The summed E-state index contributed by atoms with van der Waals surface area (Å²) in [6.45, 7) is 8.77. The van der Waals surface area contributed by atoms with Crippen LogP contribution in [0.25, 0.3) is 0 Å². The first-order valence-electron chi connectivity index (χ1n) is 10.5. The molecule has 1 atom stereocenters. The van der Waals surface area contributed by atoms with Gasteiger partial charge in [-0.3, -0.25) is 9.59 Å². The molecule has 1 aliphatic rings. The molecule has 1 amide bonds. The first kappa shape index (κ1) is 23.7. The standard InChI is InChI=1S/C24H33NO5/c1-5-19(8-6-11-22(26)27)18(4)25-23(28)24(12-14-29-15-13-24)20-9-7-10-21(16-20)30-17(2)3/h5-10,16-18H,11-15H2,1-4H3,(H,25,28)(H,26,27)/b8-6-,19-5+/t18-/m0/s1. The molecule has 1 aromatic rings. The first-order valence-corrected chi connectivity index (χ1v) is 10.5. The number of carbonyl (C=O) groups is 2. The van der Waals surface area contributed by atoms with E-state index >= 15 is 0 Å². The van der Waals surface area contributed by atoms with Crippen molar-refractivity contribution in [2.75, 3.05) is 13.2 Å². The molecule has 1 aliphatic heterocycles.